The van der Waals surface area contributed by atoms with Gasteiger partial charge in [0.25, 0.3) is 0 Å². The third kappa shape index (κ3) is 3.71. The number of carbonyl (C=O) groups excluding carboxylic acids is 1. The number of carbonyl (C=O) groups is 1. The highest BCUT2D eigenvalue weighted by atomic mass is 32.1. The monoisotopic (exact) mass is 583 g/mol. The lowest BCUT2D eigenvalue weighted by Crippen LogP contribution is -2.71. The molecular weight excluding hydrogens is 549 g/mol. The number of fused-ring (bicyclic) bond motifs is 4. The third-order valence-electron chi connectivity index (χ3n) is 11.3. The number of alkyl halides is 1. The molecule has 9 heteroatoms. The lowest BCUT2D eigenvalue weighted by atomic mass is 9.41. The number of pyridine rings is 1. The van der Waals surface area contributed by atoms with Crippen molar-refractivity contribution in [2.45, 2.75) is 94.6 Å². The molecule has 0 radical (unpaired) electrons. The molecule has 0 N–H and O–H groups in total. The van der Waals surface area contributed by atoms with Gasteiger partial charge in [-0.1, -0.05) is 17.3 Å². The Bertz CT molecular complexity index is 1710. The van der Waals surface area contributed by atoms with Gasteiger partial charge in [0.2, 0.25) is 11.8 Å². The van der Waals surface area contributed by atoms with Crippen molar-refractivity contribution in [3.05, 3.63) is 53.1 Å². The maximum Gasteiger partial charge on any atom is 0.233 e. The van der Waals surface area contributed by atoms with Gasteiger partial charge in [-0.3, -0.25) is 4.79 Å². The van der Waals surface area contributed by atoms with E-state index in [0.29, 0.717) is 31.7 Å². The van der Waals surface area contributed by atoms with Crippen molar-refractivity contribution in [3.8, 4) is 11.3 Å². The summed E-state index contributed by atoms with van der Waals surface area (Å²) in [7, 11) is 0. The molecule has 3 heterocycles. The third-order valence-corrected chi connectivity index (χ3v) is 12.1. The Hall–Kier alpha value is -3.20. The van der Waals surface area contributed by atoms with Crippen LogP contribution < -0.4 is 4.90 Å². The largest absolute Gasteiger partial charge is 0.339 e. The summed E-state index contributed by atoms with van der Waals surface area (Å²) in [6, 6.07) is 10.3. The van der Waals surface area contributed by atoms with Crippen molar-refractivity contribution in [3.63, 3.8) is 0 Å². The fourth-order valence-corrected chi connectivity index (χ4v) is 9.29. The average Bonchev–Trinajstić information content (AvgIpc) is 3.49. The minimum atomic E-state index is -1.12. The van der Waals surface area contributed by atoms with Crippen LogP contribution >= 0.6 is 11.3 Å². The zero-order chi connectivity index (χ0) is 28.3. The lowest BCUT2D eigenvalue weighted by Gasteiger charge is -2.65. The normalized spacial score (nSPS) is 32.9. The minimum absolute atomic E-state index is 0.0239. The number of benzene rings is 1. The summed E-state index contributed by atoms with van der Waals surface area (Å²) < 4.78 is 20.5. The van der Waals surface area contributed by atoms with Crippen LogP contribution in [0.15, 0.2) is 40.4 Å². The van der Waals surface area contributed by atoms with Crippen LogP contribution in [0.2, 0.25) is 0 Å². The molecule has 4 bridgehead atoms. The van der Waals surface area contributed by atoms with Crippen molar-refractivity contribution in [2.75, 3.05) is 11.4 Å². The fourth-order valence-electron chi connectivity index (χ4n) is 8.56. The Kier molecular flexibility index (Phi) is 5.10. The molecule has 0 aliphatic heterocycles. The van der Waals surface area contributed by atoms with Crippen molar-refractivity contribution in [2.24, 2.45) is 10.8 Å². The number of aromatic nitrogens is 4. The number of thiazole rings is 1. The van der Waals surface area contributed by atoms with E-state index in [1.165, 1.54) is 12.8 Å². The van der Waals surface area contributed by atoms with Gasteiger partial charge >= 0.3 is 0 Å². The molecule has 7 fully saturated rings. The molecule has 0 spiro atoms. The van der Waals surface area contributed by atoms with E-state index in [2.05, 4.69) is 35.3 Å². The summed E-state index contributed by atoms with van der Waals surface area (Å²) in [5.41, 5.74) is 4.98. The molecule has 3 aromatic heterocycles. The van der Waals surface area contributed by atoms with E-state index in [9.17, 15) is 9.18 Å². The Labute approximate surface area is 247 Å². The number of amides is 1. The van der Waals surface area contributed by atoms with E-state index < -0.39 is 11.1 Å². The number of hydrogen-bond acceptors (Lipinski definition) is 7. The zero-order valence-corrected chi connectivity index (χ0v) is 24.7. The first-order chi connectivity index (χ1) is 20.3. The van der Waals surface area contributed by atoms with Crippen molar-refractivity contribution in [1.29, 1.82) is 0 Å². The van der Waals surface area contributed by atoms with Gasteiger partial charge in [-0.25, -0.2) is 14.4 Å². The second-order valence-electron chi connectivity index (χ2n) is 14.2. The molecule has 1 amide bonds. The van der Waals surface area contributed by atoms with E-state index in [4.69, 9.17) is 14.5 Å². The Morgan fingerprint density at radius 3 is 2.55 bits per heavy atom. The summed E-state index contributed by atoms with van der Waals surface area (Å²) >= 11 is 1.54. The summed E-state index contributed by atoms with van der Waals surface area (Å²) in [5.74, 6) is 2.32. The van der Waals surface area contributed by atoms with Crippen LogP contribution in [0.25, 0.3) is 21.6 Å². The van der Waals surface area contributed by atoms with E-state index in [-0.39, 0.29) is 16.7 Å². The van der Waals surface area contributed by atoms with E-state index in [1.54, 1.807) is 11.3 Å². The number of anilines is 1. The molecule has 0 unspecified atom stereocenters. The molecule has 7 aliphatic rings. The molecule has 11 rings (SSSR count). The topological polar surface area (TPSA) is 85.0 Å². The molecule has 7 aliphatic carbocycles. The quantitative estimate of drug-likeness (QED) is 0.225. The van der Waals surface area contributed by atoms with Gasteiger partial charge in [0, 0.05) is 29.1 Å². The van der Waals surface area contributed by atoms with Gasteiger partial charge in [-0.15, -0.1) is 11.3 Å². The maximum absolute atomic E-state index is 14.6. The highest BCUT2D eigenvalue weighted by Gasteiger charge is 2.73. The number of aryl methyl sites for hydroxylation is 1. The standard InChI is InChI=1S/C33H34FN5O2S/c1-20-13-24(36-27-25(20)35-19-42-27)22-3-2-4-23(14-22)39(29(40)32-15-33(34,16-32)17-32)18-30-7-10-31(11-8-30,12-9-30)28-37-26(38-41-28)21-5-6-21/h2-4,13-14,19,21H,5-12,15-18H2,1H3. The van der Waals surface area contributed by atoms with Gasteiger partial charge in [0.15, 0.2) is 5.82 Å². The smallest absolute Gasteiger partial charge is 0.233 e. The SMILES string of the molecule is Cc1cc(-c2cccc(N(CC34CCC(c5nc(C6CC6)no5)(CC3)CC4)C(=O)C34CC(F)(C3)C4)c2)nc2scnc12. The molecular formula is C33H34FN5O2S. The molecule has 0 saturated heterocycles. The van der Waals surface area contributed by atoms with Gasteiger partial charge in [-0.05, 0) is 107 Å². The van der Waals surface area contributed by atoms with E-state index in [0.717, 1.165) is 83.1 Å². The van der Waals surface area contributed by atoms with Gasteiger partial charge in [0.1, 0.15) is 16.0 Å². The first kappa shape index (κ1) is 25.3. The second kappa shape index (κ2) is 8.46. The fraction of sp³-hybridized carbons (Fsp3) is 0.545. The van der Waals surface area contributed by atoms with Crippen LogP contribution in [0.5, 0.6) is 0 Å². The zero-order valence-electron chi connectivity index (χ0n) is 23.9. The Morgan fingerprint density at radius 1 is 1.07 bits per heavy atom. The predicted octanol–water partition coefficient (Wildman–Crippen LogP) is 7.44. The van der Waals surface area contributed by atoms with Gasteiger partial charge in [-0.2, -0.15) is 4.98 Å². The second-order valence-corrected chi connectivity index (χ2v) is 15.1. The van der Waals surface area contributed by atoms with Crippen LogP contribution in [0.4, 0.5) is 10.1 Å². The molecule has 216 valence electrons. The van der Waals surface area contributed by atoms with Gasteiger partial charge < -0.3 is 9.42 Å². The van der Waals surface area contributed by atoms with Crippen LogP contribution in [-0.2, 0) is 10.2 Å². The molecule has 42 heavy (non-hydrogen) atoms. The first-order valence-electron chi connectivity index (χ1n) is 15.4. The van der Waals surface area contributed by atoms with Crippen LogP contribution in [0.3, 0.4) is 0 Å². The number of nitrogens with zero attached hydrogens (tertiary/aromatic N) is 5. The first-order valence-corrected chi connectivity index (χ1v) is 16.3. The van der Waals surface area contributed by atoms with E-state index >= 15 is 0 Å². The summed E-state index contributed by atoms with van der Waals surface area (Å²) in [6.45, 7) is 2.73. The Morgan fingerprint density at radius 2 is 1.83 bits per heavy atom. The van der Waals surface area contributed by atoms with Crippen LogP contribution in [-0.4, -0.2) is 38.2 Å². The summed E-state index contributed by atoms with van der Waals surface area (Å²) in [5, 5.41) is 4.32. The number of halogens is 1. The van der Waals surface area contributed by atoms with Crippen molar-refractivity contribution >= 4 is 33.3 Å². The molecule has 7 nitrogen and oxygen atoms in total. The predicted molar refractivity (Wildman–Crippen MR) is 158 cm³/mol. The van der Waals surface area contributed by atoms with Crippen LogP contribution in [0, 0.1) is 17.8 Å². The molecule has 0 atom stereocenters. The summed E-state index contributed by atoms with van der Waals surface area (Å²) in [6.07, 6.45) is 9.56. The lowest BCUT2D eigenvalue weighted by molar-refractivity contribution is -0.211. The minimum Gasteiger partial charge on any atom is -0.339 e. The average molecular weight is 584 g/mol. The molecule has 4 aromatic rings. The Balaban J connectivity index is 1.02. The number of hydrogen-bond donors (Lipinski definition) is 0. The van der Waals surface area contributed by atoms with Crippen LogP contribution in [0.1, 0.15) is 93.8 Å². The van der Waals surface area contributed by atoms with Crippen molar-refractivity contribution < 1.29 is 13.7 Å². The summed E-state index contributed by atoms with van der Waals surface area (Å²) in [4.78, 5) is 31.4. The molecule has 7 saturated carbocycles. The highest BCUT2D eigenvalue weighted by Crippen LogP contribution is 2.70. The highest BCUT2D eigenvalue weighted by molar-refractivity contribution is 7.16. The maximum atomic E-state index is 14.6. The van der Waals surface area contributed by atoms with E-state index in [1.807, 2.05) is 22.5 Å². The van der Waals surface area contributed by atoms with Crippen molar-refractivity contribution in [1.82, 2.24) is 20.1 Å². The molecule has 1 aromatic carbocycles. The van der Waals surface area contributed by atoms with Gasteiger partial charge in [0.05, 0.1) is 16.6 Å². The number of rotatable bonds is 7.